The van der Waals surface area contributed by atoms with Crippen LogP contribution in [0.5, 0.6) is 0 Å². The zero-order valence-corrected chi connectivity index (χ0v) is 10.7. The maximum atomic E-state index is 11.4. The van der Waals surface area contributed by atoms with Gasteiger partial charge in [-0.3, -0.25) is 4.79 Å². The molecule has 0 aromatic heterocycles. The lowest BCUT2D eigenvalue weighted by molar-refractivity contribution is -0.116. The van der Waals surface area contributed by atoms with Crippen LogP contribution in [0.4, 0.5) is 0 Å². The summed E-state index contributed by atoms with van der Waals surface area (Å²) in [5.74, 6) is 1.31. The Kier molecular flexibility index (Phi) is 3.46. The molecule has 1 nitrogen and oxygen atoms in total. The number of allylic oxidation sites excluding steroid dienone is 1. The minimum Gasteiger partial charge on any atom is -0.295 e. The zero-order chi connectivity index (χ0) is 12.4. The van der Waals surface area contributed by atoms with Crippen molar-refractivity contribution in [3.8, 4) is 0 Å². The van der Waals surface area contributed by atoms with Gasteiger partial charge in [0.1, 0.15) is 0 Å². The Bertz CT molecular complexity index is 425. The summed E-state index contributed by atoms with van der Waals surface area (Å²) in [7, 11) is 0. The third-order valence-electron chi connectivity index (χ3n) is 3.68. The van der Waals surface area contributed by atoms with Gasteiger partial charge in [-0.15, -0.1) is 0 Å². The summed E-state index contributed by atoms with van der Waals surface area (Å²) in [5.41, 5.74) is 3.52. The molecule has 1 heteroatoms. The highest BCUT2D eigenvalue weighted by molar-refractivity contribution is 5.95. The van der Waals surface area contributed by atoms with Crippen LogP contribution in [-0.2, 0) is 4.79 Å². The number of carbonyl (C=O) groups is 1. The average molecular weight is 228 g/mol. The fourth-order valence-electron chi connectivity index (χ4n) is 2.43. The molecule has 2 rings (SSSR count). The van der Waals surface area contributed by atoms with Crippen LogP contribution in [0.1, 0.15) is 56.1 Å². The molecule has 0 radical (unpaired) electrons. The quantitative estimate of drug-likeness (QED) is 0.693. The highest BCUT2D eigenvalue weighted by Gasteiger charge is 2.23. The second kappa shape index (κ2) is 4.87. The van der Waals surface area contributed by atoms with Crippen LogP contribution in [0.15, 0.2) is 36.4 Å². The average Bonchev–Trinajstić information content (AvgIpc) is 2.33. The molecule has 1 fully saturated rings. The van der Waals surface area contributed by atoms with E-state index in [0.717, 1.165) is 18.4 Å². The van der Waals surface area contributed by atoms with Crippen molar-refractivity contribution in [2.45, 2.75) is 44.9 Å². The molecule has 0 aliphatic heterocycles. The lowest BCUT2D eigenvalue weighted by Crippen LogP contribution is -2.14. The maximum Gasteiger partial charge on any atom is 0.158 e. The predicted molar refractivity (Wildman–Crippen MR) is 71.3 cm³/mol. The minimum absolute atomic E-state index is 0.250. The van der Waals surface area contributed by atoms with Gasteiger partial charge in [0.15, 0.2) is 5.78 Å². The molecule has 0 saturated heterocycles. The van der Waals surface area contributed by atoms with Gasteiger partial charge in [0, 0.05) is 6.42 Å². The van der Waals surface area contributed by atoms with E-state index in [2.05, 4.69) is 44.7 Å². The largest absolute Gasteiger partial charge is 0.295 e. The van der Waals surface area contributed by atoms with E-state index < -0.39 is 0 Å². The Labute approximate surface area is 104 Å². The number of hydrogen-bond acceptors (Lipinski definition) is 1. The number of hydrogen-bond donors (Lipinski definition) is 0. The van der Waals surface area contributed by atoms with Gasteiger partial charge >= 0.3 is 0 Å². The fourth-order valence-corrected chi connectivity index (χ4v) is 2.43. The molecule has 1 aromatic carbocycles. The van der Waals surface area contributed by atoms with Crippen LogP contribution in [-0.4, -0.2) is 5.78 Å². The molecule has 0 amide bonds. The zero-order valence-electron chi connectivity index (χ0n) is 10.7. The molecular formula is C16H20O. The Morgan fingerprint density at radius 2 is 1.88 bits per heavy atom. The van der Waals surface area contributed by atoms with Crippen LogP contribution < -0.4 is 0 Å². The van der Waals surface area contributed by atoms with Gasteiger partial charge < -0.3 is 0 Å². The van der Waals surface area contributed by atoms with Crippen molar-refractivity contribution in [1.82, 2.24) is 0 Å². The summed E-state index contributed by atoms with van der Waals surface area (Å²) in [6, 6.07) is 8.84. The number of rotatable bonds is 2. The van der Waals surface area contributed by atoms with E-state index in [1.807, 2.05) is 0 Å². The van der Waals surface area contributed by atoms with Crippen LogP contribution in [0.25, 0.3) is 0 Å². The standard InChI is InChI=1S/C16H20O/c1-11(2)13-4-6-14(7-5-13)15-8-9-16(17)12(3)10-15/h4-7,11,15H,3,8-10H2,1-2H3. The molecule has 90 valence electrons. The normalized spacial score (nSPS) is 21.0. The fraction of sp³-hybridized carbons (Fsp3) is 0.438. The van der Waals surface area contributed by atoms with E-state index in [1.54, 1.807) is 0 Å². The lowest BCUT2D eigenvalue weighted by Gasteiger charge is -2.23. The molecule has 0 bridgehead atoms. The molecule has 0 spiro atoms. The van der Waals surface area contributed by atoms with E-state index in [-0.39, 0.29) is 5.78 Å². The molecule has 1 aliphatic carbocycles. The lowest BCUT2D eigenvalue weighted by atomic mass is 9.81. The van der Waals surface area contributed by atoms with Crippen LogP contribution >= 0.6 is 0 Å². The number of Topliss-reactive ketones (excluding diaryl/α,β-unsaturated/α-hetero) is 1. The summed E-state index contributed by atoms with van der Waals surface area (Å²) in [6.45, 7) is 8.28. The molecule has 1 unspecified atom stereocenters. The second-order valence-electron chi connectivity index (χ2n) is 5.29. The van der Waals surface area contributed by atoms with Crippen molar-refractivity contribution in [3.63, 3.8) is 0 Å². The summed E-state index contributed by atoms with van der Waals surface area (Å²) in [4.78, 5) is 11.4. The van der Waals surface area contributed by atoms with E-state index in [9.17, 15) is 4.79 Å². The van der Waals surface area contributed by atoms with Crippen molar-refractivity contribution in [2.24, 2.45) is 0 Å². The number of ketones is 1. The molecular weight excluding hydrogens is 208 g/mol. The van der Waals surface area contributed by atoms with E-state index in [4.69, 9.17) is 0 Å². The van der Waals surface area contributed by atoms with Gasteiger partial charge in [0.25, 0.3) is 0 Å². The van der Waals surface area contributed by atoms with Crippen molar-refractivity contribution < 1.29 is 4.79 Å². The first-order valence-electron chi connectivity index (χ1n) is 6.38. The SMILES string of the molecule is C=C1CC(c2ccc(C(C)C)cc2)CCC1=O. The summed E-state index contributed by atoms with van der Waals surface area (Å²) in [6.07, 6.45) is 2.47. The van der Waals surface area contributed by atoms with Gasteiger partial charge in [-0.2, -0.15) is 0 Å². The summed E-state index contributed by atoms with van der Waals surface area (Å²) >= 11 is 0. The van der Waals surface area contributed by atoms with Crippen LogP contribution in [0.3, 0.4) is 0 Å². The van der Waals surface area contributed by atoms with Crippen LogP contribution in [0, 0.1) is 0 Å². The third-order valence-corrected chi connectivity index (χ3v) is 3.68. The molecule has 0 heterocycles. The van der Waals surface area contributed by atoms with E-state index in [1.165, 1.54) is 11.1 Å². The van der Waals surface area contributed by atoms with E-state index >= 15 is 0 Å². The van der Waals surface area contributed by atoms with Gasteiger partial charge in [0.05, 0.1) is 0 Å². The molecule has 17 heavy (non-hydrogen) atoms. The Hall–Kier alpha value is -1.37. The van der Waals surface area contributed by atoms with Crippen molar-refractivity contribution in [1.29, 1.82) is 0 Å². The molecule has 1 saturated carbocycles. The third kappa shape index (κ3) is 2.66. The Morgan fingerprint density at radius 1 is 1.24 bits per heavy atom. The molecule has 1 aromatic rings. The van der Waals surface area contributed by atoms with Crippen molar-refractivity contribution in [2.75, 3.05) is 0 Å². The maximum absolute atomic E-state index is 11.4. The topological polar surface area (TPSA) is 17.1 Å². The Balaban J connectivity index is 2.12. The highest BCUT2D eigenvalue weighted by atomic mass is 16.1. The van der Waals surface area contributed by atoms with E-state index in [0.29, 0.717) is 18.3 Å². The summed E-state index contributed by atoms with van der Waals surface area (Å²) < 4.78 is 0. The van der Waals surface area contributed by atoms with Gasteiger partial charge in [-0.25, -0.2) is 0 Å². The molecule has 1 aliphatic rings. The molecule has 0 N–H and O–H groups in total. The van der Waals surface area contributed by atoms with Crippen LogP contribution in [0.2, 0.25) is 0 Å². The highest BCUT2D eigenvalue weighted by Crippen LogP contribution is 2.33. The van der Waals surface area contributed by atoms with Crippen molar-refractivity contribution in [3.05, 3.63) is 47.5 Å². The first-order valence-corrected chi connectivity index (χ1v) is 6.38. The first kappa shape index (κ1) is 12.1. The second-order valence-corrected chi connectivity index (χ2v) is 5.29. The van der Waals surface area contributed by atoms with Gasteiger partial charge in [-0.1, -0.05) is 44.7 Å². The predicted octanol–water partition coefficient (Wildman–Crippen LogP) is 4.20. The Morgan fingerprint density at radius 3 is 2.41 bits per heavy atom. The first-order chi connectivity index (χ1) is 8.08. The van der Waals surface area contributed by atoms with Crippen molar-refractivity contribution >= 4 is 5.78 Å². The smallest absolute Gasteiger partial charge is 0.158 e. The monoisotopic (exact) mass is 228 g/mol. The van der Waals surface area contributed by atoms with Gasteiger partial charge in [0.2, 0.25) is 0 Å². The van der Waals surface area contributed by atoms with Gasteiger partial charge in [-0.05, 0) is 41.4 Å². The summed E-state index contributed by atoms with van der Waals surface area (Å²) in [5, 5.41) is 0. The minimum atomic E-state index is 0.250. The number of benzene rings is 1. The number of carbonyl (C=O) groups excluding carboxylic acids is 1. The molecule has 1 atom stereocenters.